The van der Waals surface area contributed by atoms with E-state index in [4.69, 9.17) is 11.6 Å². The van der Waals surface area contributed by atoms with E-state index in [0.29, 0.717) is 5.69 Å². The van der Waals surface area contributed by atoms with Gasteiger partial charge in [-0.25, -0.2) is 18.2 Å². The summed E-state index contributed by atoms with van der Waals surface area (Å²) in [6.45, 7) is 5.39. The molecular weight excluding hydrogens is 477 g/mol. The number of hydrogen-bond donors (Lipinski definition) is 1. The number of sulfonamides is 1. The Labute approximate surface area is 204 Å². The standard InChI is InChI=1S/C25H25ClFN3O3S/c1-17(2)19-9-11-20(12-10-19)30(34(32,33)21-13-7-18(3)8-14-21)16-25(31)29-28-15-22-23(26)5-4-6-24(22)27/h4-15,17H,16H2,1-3H3,(H,29,31)/b28-15-. The number of rotatable bonds is 8. The molecule has 6 nitrogen and oxygen atoms in total. The van der Waals surface area contributed by atoms with E-state index >= 15 is 0 Å². The molecule has 0 fully saturated rings. The van der Waals surface area contributed by atoms with E-state index in [2.05, 4.69) is 10.5 Å². The molecule has 0 saturated carbocycles. The summed E-state index contributed by atoms with van der Waals surface area (Å²) in [6, 6.07) is 17.5. The highest BCUT2D eigenvalue weighted by atomic mass is 35.5. The minimum absolute atomic E-state index is 0.0119. The summed E-state index contributed by atoms with van der Waals surface area (Å²) < 4.78 is 41.8. The van der Waals surface area contributed by atoms with Gasteiger partial charge in [-0.3, -0.25) is 9.10 Å². The molecule has 0 aliphatic carbocycles. The number of hydrogen-bond acceptors (Lipinski definition) is 4. The first-order valence-electron chi connectivity index (χ1n) is 10.5. The van der Waals surface area contributed by atoms with Gasteiger partial charge in [0.1, 0.15) is 12.4 Å². The molecule has 0 aliphatic heterocycles. The number of halogens is 2. The van der Waals surface area contributed by atoms with Gasteiger partial charge in [0.15, 0.2) is 0 Å². The quantitative estimate of drug-likeness (QED) is 0.338. The molecule has 3 aromatic rings. The maximum Gasteiger partial charge on any atom is 0.264 e. The molecule has 0 atom stereocenters. The predicted molar refractivity (Wildman–Crippen MR) is 133 cm³/mol. The Morgan fingerprint density at radius 1 is 1.09 bits per heavy atom. The van der Waals surface area contributed by atoms with Crippen molar-refractivity contribution in [3.8, 4) is 0 Å². The van der Waals surface area contributed by atoms with Crippen molar-refractivity contribution in [3.05, 3.63) is 94.3 Å². The third kappa shape index (κ3) is 6.01. The van der Waals surface area contributed by atoms with Gasteiger partial charge in [0.05, 0.1) is 21.8 Å². The summed E-state index contributed by atoms with van der Waals surface area (Å²) >= 11 is 5.95. The van der Waals surface area contributed by atoms with Crippen LogP contribution < -0.4 is 9.73 Å². The molecule has 0 radical (unpaired) electrons. The monoisotopic (exact) mass is 501 g/mol. The number of amides is 1. The normalized spacial score (nSPS) is 11.7. The molecule has 0 aromatic heterocycles. The molecule has 3 aromatic carbocycles. The number of aryl methyl sites for hydroxylation is 1. The molecule has 0 heterocycles. The highest BCUT2D eigenvalue weighted by Crippen LogP contribution is 2.26. The Bertz CT molecular complexity index is 1270. The Morgan fingerprint density at radius 3 is 2.32 bits per heavy atom. The van der Waals surface area contributed by atoms with Crippen LogP contribution in [0.1, 0.15) is 36.5 Å². The maximum absolute atomic E-state index is 13.9. The molecular formula is C25H25ClFN3O3S. The highest BCUT2D eigenvalue weighted by Gasteiger charge is 2.27. The van der Waals surface area contributed by atoms with E-state index in [9.17, 15) is 17.6 Å². The first-order valence-corrected chi connectivity index (χ1v) is 12.4. The molecule has 178 valence electrons. The lowest BCUT2D eigenvalue weighted by Crippen LogP contribution is -2.39. The first-order chi connectivity index (χ1) is 16.1. The fraction of sp³-hybridized carbons (Fsp3) is 0.200. The third-order valence-electron chi connectivity index (χ3n) is 5.13. The fourth-order valence-electron chi connectivity index (χ4n) is 3.15. The van der Waals surface area contributed by atoms with E-state index in [1.54, 1.807) is 24.3 Å². The molecule has 1 N–H and O–H groups in total. The van der Waals surface area contributed by atoms with Crippen molar-refractivity contribution in [3.63, 3.8) is 0 Å². The van der Waals surface area contributed by atoms with Crippen LogP contribution >= 0.6 is 11.6 Å². The van der Waals surface area contributed by atoms with Crippen LogP contribution in [-0.2, 0) is 14.8 Å². The number of nitrogens with zero attached hydrogens (tertiary/aromatic N) is 2. The van der Waals surface area contributed by atoms with E-state index in [1.807, 2.05) is 32.9 Å². The topological polar surface area (TPSA) is 78.8 Å². The minimum Gasteiger partial charge on any atom is -0.271 e. The number of benzene rings is 3. The zero-order valence-corrected chi connectivity index (χ0v) is 20.6. The van der Waals surface area contributed by atoms with Crippen LogP contribution in [0.15, 0.2) is 76.7 Å². The summed E-state index contributed by atoms with van der Waals surface area (Å²) in [5, 5.41) is 3.87. The molecule has 1 amide bonds. The highest BCUT2D eigenvalue weighted by molar-refractivity contribution is 7.92. The molecule has 0 bridgehead atoms. The largest absolute Gasteiger partial charge is 0.271 e. The number of carbonyl (C=O) groups excluding carboxylic acids is 1. The predicted octanol–water partition coefficient (Wildman–Crippen LogP) is 5.26. The Balaban J connectivity index is 1.88. The van der Waals surface area contributed by atoms with Crippen molar-refractivity contribution in [2.24, 2.45) is 5.10 Å². The molecule has 34 heavy (non-hydrogen) atoms. The van der Waals surface area contributed by atoms with Crippen molar-refractivity contribution >= 4 is 39.4 Å². The van der Waals surface area contributed by atoms with Crippen LogP contribution in [0.25, 0.3) is 0 Å². The Hall–Kier alpha value is -3.23. The second kappa shape index (κ2) is 10.8. The number of hydrazone groups is 1. The lowest BCUT2D eigenvalue weighted by atomic mass is 10.0. The lowest BCUT2D eigenvalue weighted by molar-refractivity contribution is -0.119. The number of carbonyl (C=O) groups is 1. The van der Waals surface area contributed by atoms with Crippen LogP contribution in [-0.4, -0.2) is 27.1 Å². The molecule has 0 spiro atoms. The average Bonchev–Trinajstić information content (AvgIpc) is 2.79. The average molecular weight is 502 g/mol. The summed E-state index contributed by atoms with van der Waals surface area (Å²) in [5.74, 6) is -1.04. The van der Waals surface area contributed by atoms with E-state index in [-0.39, 0.29) is 21.4 Å². The SMILES string of the molecule is Cc1ccc(S(=O)(=O)N(CC(=O)N/N=C\c2c(F)cccc2Cl)c2ccc(C(C)C)cc2)cc1. The van der Waals surface area contributed by atoms with Crippen molar-refractivity contribution in [1.29, 1.82) is 0 Å². The zero-order chi connectivity index (χ0) is 24.9. The Kier molecular flexibility index (Phi) is 8.06. The summed E-state index contributed by atoms with van der Waals surface area (Å²) in [7, 11) is -4.05. The summed E-state index contributed by atoms with van der Waals surface area (Å²) in [4.78, 5) is 12.7. The van der Waals surface area contributed by atoms with Gasteiger partial charge in [-0.1, -0.05) is 61.3 Å². The van der Waals surface area contributed by atoms with Crippen molar-refractivity contribution < 1.29 is 17.6 Å². The van der Waals surface area contributed by atoms with E-state index < -0.39 is 28.3 Å². The van der Waals surface area contributed by atoms with Crippen LogP contribution in [0.5, 0.6) is 0 Å². The van der Waals surface area contributed by atoms with Gasteiger partial charge >= 0.3 is 0 Å². The van der Waals surface area contributed by atoms with Gasteiger partial charge in [-0.05, 0) is 54.8 Å². The van der Waals surface area contributed by atoms with Crippen LogP contribution in [0, 0.1) is 12.7 Å². The summed E-state index contributed by atoms with van der Waals surface area (Å²) in [6.07, 6.45) is 1.08. The van der Waals surface area contributed by atoms with Gasteiger partial charge in [0, 0.05) is 5.56 Å². The van der Waals surface area contributed by atoms with Crippen molar-refractivity contribution in [1.82, 2.24) is 5.43 Å². The molecule has 0 aliphatic rings. The van der Waals surface area contributed by atoms with Crippen LogP contribution in [0.3, 0.4) is 0 Å². The molecule has 9 heteroatoms. The van der Waals surface area contributed by atoms with Gasteiger partial charge in [0.2, 0.25) is 0 Å². The van der Waals surface area contributed by atoms with Gasteiger partial charge in [-0.15, -0.1) is 0 Å². The fourth-order valence-corrected chi connectivity index (χ4v) is 4.78. The number of nitrogens with one attached hydrogen (secondary N) is 1. The second-order valence-electron chi connectivity index (χ2n) is 8.00. The van der Waals surface area contributed by atoms with Crippen LogP contribution in [0.4, 0.5) is 10.1 Å². The zero-order valence-electron chi connectivity index (χ0n) is 19.0. The van der Waals surface area contributed by atoms with Gasteiger partial charge in [-0.2, -0.15) is 5.10 Å². The minimum atomic E-state index is -4.05. The lowest BCUT2D eigenvalue weighted by Gasteiger charge is -2.24. The second-order valence-corrected chi connectivity index (χ2v) is 10.3. The number of anilines is 1. The summed E-state index contributed by atoms with van der Waals surface area (Å²) in [5.41, 5.74) is 4.54. The van der Waals surface area contributed by atoms with E-state index in [1.165, 1.54) is 30.3 Å². The van der Waals surface area contributed by atoms with Crippen molar-refractivity contribution in [2.75, 3.05) is 10.8 Å². The van der Waals surface area contributed by atoms with Gasteiger partial charge in [0.25, 0.3) is 15.9 Å². The molecule has 0 saturated heterocycles. The van der Waals surface area contributed by atoms with Gasteiger partial charge < -0.3 is 0 Å². The molecule has 0 unspecified atom stereocenters. The van der Waals surface area contributed by atoms with E-state index in [0.717, 1.165) is 21.6 Å². The smallest absolute Gasteiger partial charge is 0.264 e. The maximum atomic E-state index is 13.9. The molecule has 3 rings (SSSR count). The van der Waals surface area contributed by atoms with Crippen molar-refractivity contribution in [2.45, 2.75) is 31.6 Å². The Morgan fingerprint density at radius 2 is 1.74 bits per heavy atom. The third-order valence-corrected chi connectivity index (χ3v) is 7.24. The first kappa shape index (κ1) is 25.4. The van der Waals surface area contributed by atoms with Crippen LogP contribution in [0.2, 0.25) is 5.02 Å².